The van der Waals surface area contributed by atoms with Crippen LogP contribution in [0.15, 0.2) is 24.3 Å². The van der Waals surface area contributed by atoms with Gasteiger partial charge in [-0.25, -0.2) is 9.59 Å². The first-order valence-corrected chi connectivity index (χ1v) is 7.15. The Morgan fingerprint density at radius 2 is 1.95 bits per heavy atom. The van der Waals surface area contributed by atoms with Gasteiger partial charge in [-0.2, -0.15) is 0 Å². The van der Waals surface area contributed by atoms with Crippen molar-refractivity contribution < 1.29 is 14.7 Å². The van der Waals surface area contributed by atoms with Crippen molar-refractivity contribution in [3.05, 3.63) is 24.3 Å². The van der Waals surface area contributed by atoms with E-state index in [0.717, 1.165) is 17.9 Å². The third-order valence-corrected chi connectivity index (χ3v) is 3.66. The SMILES string of the molecule is CCC[C@H](NC(=O)N1CCN(C)c2ccccc21)C(=O)O. The Kier molecular flexibility index (Phi) is 4.67. The zero-order valence-corrected chi connectivity index (χ0v) is 12.4. The predicted molar refractivity (Wildman–Crippen MR) is 81.9 cm³/mol. The van der Waals surface area contributed by atoms with Crippen LogP contribution in [0, 0.1) is 0 Å². The summed E-state index contributed by atoms with van der Waals surface area (Å²) in [4.78, 5) is 27.2. The molecule has 0 saturated heterocycles. The topological polar surface area (TPSA) is 72.9 Å². The summed E-state index contributed by atoms with van der Waals surface area (Å²) in [5.41, 5.74) is 1.78. The van der Waals surface area contributed by atoms with E-state index in [1.54, 1.807) is 4.90 Å². The summed E-state index contributed by atoms with van der Waals surface area (Å²) in [6, 6.07) is 6.44. The quantitative estimate of drug-likeness (QED) is 0.888. The molecule has 21 heavy (non-hydrogen) atoms. The third-order valence-electron chi connectivity index (χ3n) is 3.66. The van der Waals surface area contributed by atoms with Crippen LogP contribution in [0.3, 0.4) is 0 Å². The normalized spacial score (nSPS) is 15.3. The summed E-state index contributed by atoms with van der Waals surface area (Å²) in [5.74, 6) is -0.993. The van der Waals surface area contributed by atoms with Crippen molar-refractivity contribution in [3.63, 3.8) is 0 Å². The summed E-state index contributed by atoms with van der Waals surface area (Å²) in [5, 5.41) is 11.8. The lowest BCUT2D eigenvalue weighted by Gasteiger charge is -2.36. The number of rotatable bonds is 4. The monoisotopic (exact) mass is 291 g/mol. The summed E-state index contributed by atoms with van der Waals surface area (Å²) in [7, 11) is 1.98. The predicted octanol–water partition coefficient (Wildman–Crippen LogP) is 1.91. The Hall–Kier alpha value is -2.24. The van der Waals surface area contributed by atoms with Crippen LogP contribution < -0.4 is 15.1 Å². The second kappa shape index (κ2) is 6.47. The van der Waals surface area contributed by atoms with Crippen LogP contribution in [0.1, 0.15) is 19.8 Å². The number of carboxylic acid groups (broad SMARTS) is 1. The molecule has 6 heteroatoms. The number of nitrogens with zero attached hydrogens (tertiary/aromatic N) is 2. The minimum atomic E-state index is -0.993. The maximum absolute atomic E-state index is 12.4. The molecule has 2 rings (SSSR count). The Labute approximate surface area is 124 Å². The average Bonchev–Trinajstić information content (AvgIpc) is 2.47. The van der Waals surface area contributed by atoms with Gasteiger partial charge in [-0.1, -0.05) is 25.5 Å². The number of hydrogen-bond donors (Lipinski definition) is 2. The molecule has 0 radical (unpaired) electrons. The first-order valence-electron chi connectivity index (χ1n) is 7.15. The minimum absolute atomic E-state index is 0.351. The molecule has 6 nitrogen and oxygen atoms in total. The molecule has 0 aromatic heterocycles. The number of aliphatic carboxylic acids is 1. The molecular weight excluding hydrogens is 270 g/mol. The van der Waals surface area contributed by atoms with Crippen LogP contribution in [0.5, 0.6) is 0 Å². The fraction of sp³-hybridized carbons (Fsp3) is 0.467. The van der Waals surface area contributed by atoms with Gasteiger partial charge in [0.1, 0.15) is 6.04 Å². The molecule has 1 aliphatic heterocycles. The van der Waals surface area contributed by atoms with Gasteiger partial charge in [0.2, 0.25) is 0 Å². The molecule has 0 bridgehead atoms. The lowest BCUT2D eigenvalue weighted by molar-refractivity contribution is -0.139. The second-order valence-corrected chi connectivity index (χ2v) is 5.19. The van der Waals surface area contributed by atoms with Crippen molar-refractivity contribution in [2.45, 2.75) is 25.8 Å². The molecule has 1 aliphatic rings. The molecule has 1 aromatic rings. The maximum atomic E-state index is 12.4. The van der Waals surface area contributed by atoms with Crippen LogP contribution in [-0.2, 0) is 4.79 Å². The number of carbonyl (C=O) groups is 2. The minimum Gasteiger partial charge on any atom is -0.480 e. The largest absolute Gasteiger partial charge is 0.480 e. The average molecular weight is 291 g/mol. The van der Waals surface area contributed by atoms with Crippen LogP contribution in [0.2, 0.25) is 0 Å². The highest BCUT2D eigenvalue weighted by Gasteiger charge is 2.27. The molecule has 1 aromatic carbocycles. The Balaban J connectivity index is 2.17. The molecule has 1 atom stereocenters. The summed E-state index contributed by atoms with van der Waals surface area (Å²) >= 11 is 0. The van der Waals surface area contributed by atoms with Gasteiger partial charge in [0.25, 0.3) is 0 Å². The van der Waals surface area contributed by atoms with E-state index >= 15 is 0 Å². The van der Waals surface area contributed by atoms with Crippen LogP contribution >= 0.6 is 0 Å². The number of para-hydroxylation sites is 2. The van der Waals surface area contributed by atoms with E-state index in [1.807, 2.05) is 38.2 Å². The lowest BCUT2D eigenvalue weighted by atomic mass is 10.1. The highest BCUT2D eigenvalue weighted by atomic mass is 16.4. The Bertz CT molecular complexity index is 533. The fourth-order valence-corrected chi connectivity index (χ4v) is 2.49. The molecular formula is C15H21N3O3. The number of nitrogens with one attached hydrogen (secondary N) is 1. The van der Waals surface area contributed by atoms with Crippen LogP contribution in [0.25, 0.3) is 0 Å². The van der Waals surface area contributed by atoms with Crippen molar-refractivity contribution in [2.75, 3.05) is 29.9 Å². The van der Waals surface area contributed by atoms with Gasteiger partial charge >= 0.3 is 12.0 Å². The number of benzene rings is 1. The number of carbonyl (C=O) groups excluding carboxylic acids is 1. The van der Waals surface area contributed by atoms with Crippen molar-refractivity contribution >= 4 is 23.4 Å². The zero-order valence-electron chi connectivity index (χ0n) is 12.4. The van der Waals surface area contributed by atoms with Crippen LogP contribution in [0.4, 0.5) is 16.2 Å². The number of urea groups is 1. The summed E-state index contributed by atoms with van der Waals surface area (Å²) < 4.78 is 0. The van der Waals surface area contributed by atoms with E-state index < -0.39 is 12.0 Å². The number of anilines is 2. The van der Waals surface area contributed by atoms with E-state index in [9.17, 15) is 9.59 Å². The van der Waals surface area contributed by atoms with Crippen molar-refractivity contribution in [1.29, 1.82) is 0 Å². The Morgan fingerprint density at radius 1 is 1.29 bits per heavy atom. The van der Waals surface area contributed by atoms with Crippen molar-refractivity contribution in [3.8, 4) is 0 Å². The molecule has 2 amide bonds. The molecule has 0 fully saturated rings. The molecule has 0 aliphatic carbocycles. The molecule has 0 spiro atoms. The van der Waals surface area contributed by atoms with E-state index in [2.05, 4.69) is 10.2 Å². The van der Waals surface area contributed by atoms with Gasteiger partial charge in [-0.3, -0.25) is 4.90 Å². The van der Waals surface area contributed by atoms with Gasteiger partial charge in [0, 0.05) is 20.1 Å². The molecule has 2 N–H and O–H groups in total. The van der Waals surface area contributed by atoms with Gasteiger partial charge in [0.05, 0.1) is 11.4 Å². The van der Waals surface area contributed by atoms with Crippen molar-refractivity contribution in [1.82, 2.24) is 5.32 Å². The third kappa shape index (κ3) is 3.26. The van der Waals surface area contributed by atoms with Gasteiger partial charge in [-0.15, -0.1) is 0 Å². The van der Waals surface area contributed by atoms with E-state index in [4.69, 9.17) is 5.11 Å². The van der Waals surface area contributed by atoms with Gasteiger partial charge in [-0.05, 0) is 18.6 Å². The van der Waals surface area contributed by atoms with Gasteiger partial charge < -0.3 is 15.3 Å². The first kappa shape index (κ1) is 15.2. The molecule has 114 valence electrons. The smallest absolute Gasteiger partial charge is 0.326 e. The van der Waals surface area contributed by atoms with Crippen LogP contribution in [-0.4, -0.2) is 43.3 Å². The van der Waals surface area contributed by atoms with Crippen molar-refractivity contribution in [2.24, 2.45) is 0 Å². The van der Waals surface area contributed by atoms with Gasteiger partial charge in [0.15, 0.2) is 0 Å². The lowest BCUT2D eigenvalue weighted by Crippen LogP contribution is -2.51. The number of hydrogen-bond acceptors (Lipinski definition) is 3. The number of likely N-dealkylation sites (N-methyl/N-ethyl adjacent to an activating group) is 1. The molecule has 0 saturated carbocycles. The summed E-state index contributed by atoms with van der Waals surface area (Å²) in [6.07, 6.45) is 1.13. The highest BCUT2D eigenvalue weighted by molar-refractivity contribution is 5.98. The highest BCUT2D eigenvalue weighted by Crippen LogP contribution is 2.31. The standard InChI is InChI=1S/C15H21N3O3/c1-3-6-11(14(19)20)16-15(21)18-10-9-17(2)12-7-4-5-8-13(12)18/h4-5,7-8,11H,3,6,9-10H2,1-2H3,(H,16,21)(H,19,20)/t11-/m0/s1. The van der Waals surface area contributed by atoms with E-state index in [1.165, 1.54) is 0 Å². The maximum Gasteiger partial charge on any atom is 0.326 e. The molecule has 0 unspecified atom stereocenters. The summed E-state index contributed by atoms with van der Waals surface area (Å²) in [6.45, 7) is 3.15. The van der Waals surface area contributed by atoms with E-state index in [-0.39, 0.29) is 6.03 Å². The van der Waals surface area contributed by atoms with E-state index in [0.29, 0.717) is 19.4 Å². The number of amides is 2. The number of carboxylic acids is 1. The fourth-order valence-electron chi connectivity index (χ4n) is 2.49. The second-order valence-electron chi connectivity index (χ2n) is 5.19. The molecule has 1 heterocycles. The Morgan fingerprint density at radius 3 is 2.57 bits per heavy atom. The first-order chi connectivity index (χ1) is 10.0. The zero-order chi connectivity index (χ0) is 15.4. The number of fused-ring (bicyclic) bond motifs is 1.